The zero-order chi connectivity index (χ0) is 19.4. The lowest BCUT2D eigenvalue weighted by Gasteiger charge is -2.35. The predicted molar refractivity (Wildman–Crippen MR) is 110 cm³/mol. The fourth-order valence-electron chi connectivity index (χ4n) is 3.39. The zero-order valence-electron chi connectivity index (χ0n) is 16.3. The normalized spacial score (nSPS) is 15.7. The molecule has 7 heteroatoms. The molecule has 1 saturated heterocycles. The SMILES string of the molecule is CCCN1CCN(c2cc(NS(=O)(=O)c3cccc(C)c3)cc(C)n2)CC1. The van der Waals surface area contributed by atoms with Crippen LogP contribution in [-0.2, 0) is 10.0 Å². The van der Waals surface area contributed by atoms with Gasteiger partial charge in [0.1, 0.15) is 5.82 Å². The van der Waals surface area contributed by atoms with Gasteiger partial charge in [-0.3, -0.25) is 9.62 Å². The number of pyridine rings is 1. The first-order valence-corrected chi connectivity index (χ1v) is 10.9. The van der Waals surface area contributed by atoms with E-state index in [1.807, 2.05) is 26.0 Å². The van der Waals surface area contributed by atoms with Crippen molar-refractivity contribution in [3.05, 3.63) is 47.7 Å². The van der Waals surface area contributed by atoms with Crippen molar-refractivity contribution in [3.63, 3.8) is 0 Å². The smallest absolute Gasteiger partial charge is 0.261 e. The lowest BCUT2D eigenvalue weighted by molar-refractivity contribution is 0.258. The van der Waals surface area contributed by atoms with Gasteiger partial charge in [-0.15, -0.1) is 0 Å². The van der Waals surface area contributed by atoms with E-state index >= 15 is 0 Å². The number of piperazine rings is 1. The maximum Gasteiger partial charge on any atom is 0.261 e. The van der Waals surface area contributed by atoms with Crippen molar-refractivity contribution in [2.24, 2.45) is 0 Å². The maximum atomic E-state index is 12.7. The van der Waals surface area contributed by atoms with E-state index in [1.165, 1.54) is 0 Å². The average Bonchev–Trinajstić information content (AvgIpc) is 2.62. The molecule has 1 aromatic carbocycles. The Morgan fingerprint density at radius 1 is 1.07 bits per heavy atom. The minimum Gasteiger partial charge on any atom is -0.354 e. The Kier molecular flexibility index (Phi) is 6.01. The number of nitrogens with zero attached hydrogens (tertiary/aromatic N) is 3. The van der Waals surface area contributed by atoms with Crippen LogP contribution in [0.3, 0.4) is 0 Å². The van der Waals surface area contributed by atoms with Gasteiger partial charge in [-0.1, -0.05) is 19.1 Å². The molecule has 6 nitrogen and oxygen atoms in total. The second kappa shape index (κ2) is 8.27. The van der Waals surface area contributed by atoms with Crippen LogP contribution >= 0.6 is 0 Å². The number of sulfonamides is 1. The standard InChI is InChI=1S/C20H28N4O2S/c1-4-8-23-9-11-24(12-10-23)20-15-18(14-17(3)21-20)22-27(25,26)19-7-5-6-16(2)13-19/h5-7,13-15H,4,8-12H2,1-3H3,(H,21,22). The summed E-state index contributed by atoms with van der Waals surface area (Å²) in [6.45, 7) is 10.9. The first-order chi connectivity index (χ1) is 12.9. The van der Waals surface area contributed by atoms with E-state index in [0.29, 0.717) is 5.69 Å². The Morgan fingerprint density at radius 2 is 1.81 bits per heavy atom. The molecule has 1 aromatic heterocycles. The number of nitrogens with one attached hydrogen (secondary N) is 1. The molecule has 1 aliphatic heterocycles. The Balaban J connectivity index is 1.78. The zero-order valence-corrected chi connectivity index (χ0v) is 17.1. The van der Waals surface area contributed by atoms with E-state index in [4.69, 9.17) is 0 Å². The van der Waals surface area contributed by atoms with Crippen molar-refractivity contribution < 1.29 is 8.42 Å². The molecule has 0 atom stereocenters. The monoisotopic (exact) mass is 388 g/mol. The van der Waals surface area contributed by atoms with Crippen molar-refractivity contribution in [2.75, 3.05) is 42.3 Å². The third kappa shape index (κ3) is 4.99. The van der Waals surface area contributed by atoms with Crippen LogP contribution in [0.1, 0.15) is 24.6 Å². The Labute approximate surface area is 162 Å². The quantitative estimate of drug-likeness (QED) is 0.824. The van der Waals surface area contributed by atoms with Crippen LogP contribution in [0.2, 0.25) is 0 Å². The summed E-state index contributed by atoms with van der Waals surface area (Å²) in [6.07, 6.45) is 1.16. The second-order valence-electron chi connectivity index (χ2n) is 7.11. The van der Waals surface area contributed by atoms with Gasteiger partial charge in [0.05, 0.1) is 10.6 Å². The second-order valence-corrected chi connectivity index (χ2v) is 8.79. The summed E-state index contributed by atoms with van der Waals surface area (Å²) in [5, 5.41) is 0. The summed E-state index contributed by atoms with van der Waals surface area (Å²) in [4.78, 5) is 9.57. The van der Waals surface area contributed by atoms with Gasteiger partial charge in [0.15, 0.2) is 0 Å². The lowest BCUT2D eigenvalue weighted by Crippen LogP contribution is -2.46. The van der Waals surface area contributed by atoms with E-state index in [1.54, 1.807) is 24.3 Å². The molecular formula is C20H28N4O2S. The molecule has 1 N–H and O–H groups in total. The molecule has 1 aliphatic rings. The van der Waals surface area contributed by atoms with Gasteiger partial charge in [0, 0.05) is 37.9 Å². The van der Waals surface area contributed by atoms with Gasteiger partial charge in [0.25, 0.3) is 10.0 Å². The van der Waals surface area contributed by atoms with Crippen LogP contribution in [-0.4, -0.2) is 51.0 Å². The highest BCUT2D eigenvalue weighted by molar-refractivity contribution is 7.92. The largest absolute Gasteiger partial charge is 0.354 e. The molecule has 0 amide bonds. The first-order valence-electron chi connectivity index (χ1n) is 9.43. The topological polar surface area (TPSA) is 65.5 Å². The third-order valence-electron chi connectivity index (χ3n) is 4.73. The van der Waals surface area contributed by atoms with Gasteiger partial charge in [0.2, 0.25) is 0 Å². The van der Waals surface area contributed by atoms with Crippen molar-refractivity contribution in [1.82, 2.24) is 9.88 Å². The molecule has 2 heterocycles. The van der Waals surface area contributed by atoms with E-state index in [9.17, 15) is 8.42 Å². The molecule has 1 fully saturated rings. The van der Waals surface area contributed by atoms with E-state index in [-0.39, 0.29) is 4.90 Å². The lowest BCUT2D eigenvalue weighted by atomic mass is 10.2. The minimum absolute atomic E-state index is 0.270. The molecule has 146 valence electrons. The molecule has 0 unspecified atom stereocenters. The van der Waals surface area contributed by atoms with Crippen molar-refractivity contribution in [3.8, 4) is 0 Å². The molecular weight excluding hydrogens is 360 g/mol. The number of aryl methyl sites for hydroxylation is 2. The van der Waals surface area contributed by atoms with E-state index in [0.717, 1.165) is 56.2 Å². The summed E-state index contributed by atoms with van der Waals surface area (Å²) in [5.41, 5.74) is 2.26. The number of hydrogen-bond donors (Lipinski definition) is 1. The third-order valence-corrected chi connectivity index (χ3v) is 6.11. The number of rotatable bonds is 6. The van der Waals surface area contributed by atoms with Gasteiger partial charge in [-0.2, -0.15) is 0 Å². The predicted octanol–water partition coefficient (Wildman–Crippen LogP) is 3.03. The number of hydrogen-bond acceptors (Lipinski definition) is 5. The van der Waals surface area contributed by atoms with Gasteiger partial charge < -0.3 is 4.90 Å². The fourth-order valence-corrected chi connectivity index (χ4v) is 4.53. The van der Waals surface area contributed by atoms with Crippen LogP contribution < -0.4 is 9.62 Å². The van der Waals surface area contributed by atoms with Crippen molar-refractivity contribution >= 4 is 21.5 Å². The van der Waals surface area contributed by atoms with Crippen LogP contribution in [0.5, 0.6) is 0 Å². The Morgan fingerprint density at radius 3 is 2.48 bits per heavy atom. The van der Waals surface area contributed by atoms with Gasteiger partial charge in [-0.25, -0.2) is 13.4 Å². The summed E-state index contributed by atoms with van der Waals surface area (Å²) in [5.74, 6) is 0.827. The fraction of sp³-hybridized carbons (Fsp3) is 0.450. The highest BCUT2D eigenvalue weighted by Gasteiger charge is 2.19. The molecule has 27 heavy (non-hydrogen) atoms. The molecule has 0 bridgehead atoms. The molecule has 0 spiro atoms. The maximum absolute atomic E-state index is 12.7. The number of benzene rings is 1. The first kappa shape index (κ1) is 19.6. The summed E-state index contributed by atoms with van der Waals surface area (Å²) in [7, 11) is -3.62. The summed E-state index contributed by atoms with van der Waals surface area (Å²) >= 11 is 0. The number of anilines is 2. The molecule has 2 aromatic rings. The van der Waals surface area contributed by atoms with Crippen molar-refractivity contribution in [1.29, 1.82) is 0 Å². The van der Waals surface area contributed by atoms with E-state index < -0.39 is 10.0 Å². The van der Waals surface area contributed by atoms with Crippen LogP contribution in [0.4, 0.5) is 11.5 Å². The summed E-state index contributed by atoms with van der Waals surface area (Å²) in [6, 6.07) is 10.5. The summed E-state index contributed by atoms with van der Waals surface area (Å²) < 4.78 is 28.1. The Hall–Kier alpha value is -2.12. The molecule has 0 aliphatic carbocycles. The van der Waals surface area contributed by atoms with Crippen LogP contribution in [0.15, 0.2) is 41.3 Å². The van der Waals surface area contributed by atoms with E-state index in [2.05, 4.69) is 26.4 Å². The minimum atomic E-state index is -3.62. The molecule has 3 rings (SSSR count). The molecule has 0 radical (unpaired) electrons. The van der Waals surface area contributed by atoms with Crippen LogP contribution in [0, 0.1) is 13.8 Å². The highest BCUT2D eigenvalue weighted by Crippen LogP contribution is 2.23. The average molecular weight is 389 g/mol. The van der Waals surface area contributed by atoms with Gasteiger partial charge >= 0.3 is 0 Å². The van der Waals surface area contributed by atoms with Crippen LogP contribution in [0.25, 0.3) is 0 Å². The highest BCUT2D eigenvalue weighted by atomic mass is 32.2. The number of aromatic nitrogens is 1. The van der Waals surface area contributed by atoms with Gasteiger partial charge in [-0.05, 0) is 50.6 Å². The van der Waals surface area contributed by atoms with Crippen molar-refractivity contribution in [2.45, 2.75) is 32.1 Å². The molecule has 0 saturated carbocycles. The Bertz CT molecular complexity index is 891.